The van der Waals surface area contributed by atoms with Gasteiger partial charge in [0.1, 0.15) is 6.04 Å². The number of amides is 2. The fourth-order valence-corrected chi connectivity index (χ4v) is 2.39. The molecular formula is C15H28N2O2. The van der Waals surface area contributed by atoms with E-state index in [4.69, 9.17) is 0 Å². The van der Waals surface area contributed by atoms with Crippen molar-refractivity contribution in [2.24, 2.45) is 11.8 Å². The van der Waals surface area contributed by atoms with Crippen molar-refractivity contribution in [1.82, 2.24) is 10.2 Å². The van der Waals surface area contributed by atoms with Gasteiger partial charge in [-0.3, -0.25) is 9.59 Å². The monoisotopic (exact) mass is 268 g/mol. The van der Waals surface area contributed by atoms with Gasteiger partial charge in [-0.15, -0.1) is 0 Å². The Bertz CT molecular complexity index is 315. The van der Waals surface area contributed by atoms with Crippen LogP contribution >= 0.6 is 0 Å². The molecule has 0 aromatic heterocycles. The van der Waals surface area contributed by atoms with Crippen LogP contribution in [0.25, 0.3) is 0 Å². The minimum atomic E-state index is -0.323. The predicted octanol–water partition coefficient (Wildman–Crippen LogP) is 2.19. The van der Waals surface area contributed by atoms with Gasteiger partial charge in [0.05, 0.1) is 6.54 Å². The van der Waals surface area contributed by atoms with Crippen LogP contribution in [-0.4, -0.2) is 35.8 Å². The lowest BCUT2D eigenvalue weighted by molar-refractivity contribution is -0.145. The number of nitrogens with zero attached hydrogens (tertiary/aromatic N) is 1. The van der Waals surface area contributed by atoms with Gasteiger partial charge in [-0.1, -0.05) is 47.0 Å². The fraction of sp³-hybridized carbons (Fsp3) is 0.867. The molecule has 4 heteroatoms. The third-order valence-corrected chi connectivity index (χ3v) is 3.90. The van der Waals surface area contributed by atoms with Gasteiger partial charge in [-0.2, -0.15) is 0 Å². The van der Waals surface area contributed by atoms with Crippen LogP contribution in [-0.2, 0) is 9.59 Å². The first-order valence-corrected chi connectivity index (χ1v) is 7.53. The Morgan fingerprint density at radius 2 is 1.95 bits per heavy atom. The molecule has 0 spiro atoms. The molecule has 1 rings (SSSR count). The molecule has 0 aromatic carbocycles. The number of nitrogens with one attached hydrogen (secondary N) is 1. The van der Waals surface area contributed by atoms with Crippen molar-refractivity contribution in [2.45, 2.75) is 59.4 Å². The van der Waals surface area contributed by atoms with Gasteiger partial charge in [0.25, 0.3) is 0 Å². The Morgan fingerprint density at radius 1 is 1.26 bits per heavy atom. The van der Waals surface area contributed by atoms with Crippen LogP contribution in [0.4, 0.5) is 0 Å². The summed E-state index contributed by atoms with van der Waals surface area (Å²) < 4.78 is 0. The van der Waals surface area contributed by atoms with Crippen molar-refractivity contribution in [1.29, 1.82) is 0 Å². The highest BCUT2D eigenvalue weighted by Gasteiger charge is 2.34. The van der Waals surface area contributed by atoms with E-state index in [0.29, 0.717) is 12.5 Å². The molecule has 0 saturated carbocycles. The first-order valence-electron chi connectivity index (χ1n) is 7.53. The average molecular weight is 268 g/mol. The van der Waals surface area contributed by atoms with E-state index in [1.165, 1.54) is 6.42 Å². The van der Waals surface area contributed by atoms with Gasteiger partial charge >= 0.3 is 0 Å². The molecule has 19 heavy (non-hydrogen) atoms. The summed E-state index contributed by atoms with van der Waals surface area (Å²) in [4.78, 5) is 25.7. The Kier molecular flexibility index (Phi) is 6.32. The molecule has 2 unspecified atom stereocenters. The summed E-state index contributed by atoms with van der Waals surface area (Å²) in [5, 5.41) is 2.83. The lowest BCUT2D eigenvalue weighted by atomic mass is 9.96. The molecule has 1 aliphatic rings. The van der Waals surface area contributed by atoms with Gasteiger partial charge in [0.2, 0.25) is 11.8 Å². The van der Waals surface area contributed by atoms with Gasteiger partial charge in [0.15, 0.2) is 0 Å². The Morgan fingerprint density at radius 3 is 2.53 bits per heavy atom. The molecule has 0 radical (unpaired) electrons. The van der Waals surface area contributed by atoms with E-state index in [2.05, 4.69) is 19.2 Å². The van der Waals surface area contributed by atoms with Crippen LogP contribution < -0.4 is 5.32 Å². The second-order valence-corrected chi connectivity index (χ2v) is 6.08. The van der Waals surface area contributed by atoms with E-state index in [-0.39, 0.29) is 30.3 Å². The van der Waals surface area contributed by atoms with Gasteiger partial charge in [-0.25, -0.2) is 0 Å². The molecule has 2 atom stereocenters. The van der Waals surface area contributed by atoms with E-state index in [1.54, 1.807) is 4.90 Å². The van der Waals surface area contributed by atoms with Crippen LogP contribution in [0.2, 0.25) is 0 Å². The fourth-order valence-electron chi connectivity index (χ4n) is 2.39. The van der Waals surface area contributed by atoms with Crippen molar-refractivity contribution in [2.75, 3.05) is 13.1 Å². The van der Waals surface area contributed by atoms with Crippen LogP contribution in [0.5, 0.6) is 0 Å². The highest BCUT2D eigenvalue weighted by atomic mass is 16.2. The molecule has 0 bridgehead atoms. The molecule has 110 valence electrons. The summed E-state index contributed by atoms with van der Waals surface area (Å²) in [7, 11) is 0. The summed E-state index contributed by atoms with van der Waals surface area (Å²) in [6.45, 7) is 9.42. The lowest BCUT2D eigenvalue weighted by Gasteiger charge is -2.35. The average Bonchev–Trinajstić information content (AvgIpc) is 2.36. The van der Waals surface area contributed by atoms with Crippen LogP contribution in [0.15, 0.2) is 0 Å². The highest BCUT2D eigenvalue weighted by Crippen LogP contribution is 2.15. The molecule has 1 N–H and O–H groups in total. The zero-order valence-corrected chi connectivity index (χ0v) is 12.7. The third-order valence-electron chi connectivity index (χ3n) is 3.90. The normalized spacial score (nSPS) is 21.7. The van der Waals surface area contributed by atoms with Crippen LogP contribution in [0.1, 0.15) is 53.4 Å². The molecule has 0 aromatic rings. The first-order chi connectivity index (χ1) is 8.95. The van der Waals surface area contributed by atoms with Gasteiger partial charge in [-0.05, 0) is 18.3 Å². The largest absolute Gasteiger partial charge is 0.342 e. The number of carbonyl (C=O) groups excluding carboxylic acids is 2. The zero-order chi connectivity index (χ0) is 14.4. The van der Waals surface area contributed by atoms with Crippen molar-refractivity contribution in [3.63, 3.8) is 0 Å². The van der Waals surface area contributed by atoms with Gasteiger partial charge in [0, 0.05) is 6.54 Å². The van der Waals surface area contributed by atoms with E-state index in [9.17, 15) is 9.59 Å². The maximum atomic E-state index is 12.3. The van der Waals surface area contributed by atoms with Crippen molar-refractivity contribution in [3.05, 3.63) is 0 Å². The SMILES string of the molecule is CCC(C)C1NC(=O)CN(CCCCC(C)C)C1=O. The van der Waals surface area contributed by atoms with E-state index >= 15 is 0 Å². The minimum Gasteiger partial charge on any atom is -0.342 e. The smallest absolute Gasteiger partial charge is 0.245 e. The Hall–Kier alpha value is -1.06. The quantitative estimate of drug-likeness (QED) is 0.720. The summed E-state index contributed by atoms with van der Waals surface area (Å²) in [5.41, 5.74) is 0. The third kappa shape index (κ3) is 4.84. The van der Waals surface area contributed by atoms with E-state index < -0.39 is 0 Å². The molecule has 1 aliphatic heterocycles. The second-order valence-electron chi connectivity index (χ2n) is 6.08. The summed E-state index contributed by atoms with van der Waals surface area (Å²) in [6.07, 6.45) is 4.20. The van der Waals surface area contributed by atoms with E-state index in [0.717, 1.165) is 19.3 Å². The van der Waals surface area contributed by atoms with Crippen molar-refractivity contribution >= 4 is 11.8 Å². The maximum absolute atomic E-state index is 12.3. The molecule has 0 aliphatic carbocycles. The number of hydrogen-bond acceptors (Lipinski definition) is 2. The van der Waals surface area contributed by atoms with Crippen LogP contribution in [0.3, 0.4) is 0 Å². The van der Waals surface area contributed by atoms with Crippen molar-refractivity contribution < 1.29 is 9.59 Å². The van der Waals surface area contributed by atoms with Crippen LogP contribution in [0, 0.1) is 11.8 Å². The number of rotatable bonds is 7. The maximum Gasteiger partial charge on any atom is 0.245 e. The number of carbonyl (C=O) groups is 2. The molecule has 1 saturated heterocycles. The standard InChI is InChI=1S/C15H28N2O2/c1-5-12(4)14-15(19)17(10-13(18)16-14)9-7-6-8-11(2)3/h11-12,14H,5-10H2,1-4H3,(H,16,18). The lowest BCUT2D eigenvalue weighted by Crippen LogP contribution is -2.60. The molecular weight excluding hydrogens is 240 g/mol. The van der Waals surface area contributed by atoms with E-state index in [1.807, 2.05) is 13.8 Å². The van der Waals surface area contributed by atoms with Crippen molar-refractivity contribution in [3.8, 4) is 0 Å². The summed E-state index contributed by atoms with van der Waals surface area (Å²) >= 11 is 0. The number of hydrogen-bond donors (Lipinski definition) is 1. The number of unbranched alkanes of at least 4 members (excludes halogenated alkanes) is 1. The second kappa shape index (κ2) is 7.51. The number of piperazine rings is 1. The Labute approximate surface area is 116 Å². The summed E-state index contributed by atoms with van der Waals surface area (Å²) in [6, 6.07) is -0.323. The molecule has 1 heterocycles. The minimum absolute atomic E-state index is 0.0197. The Balaban J connectivity index is 2.48. The topological polar surface area (TPSA) is 49.4 Å². The van der Waals surface area contributed by atoms with Gasteiger partial charge < -0.3 is 10.2 Å². The summed E-state index contributed by atoms with van der Waals surface area (Å²) in [5.74, 6) is 0.982. The highest BCUT2D eigenvalue weighted by molar-refractivity contribution is 5.94. The predicted molar refractivity (Wildman–Crippen MR) is 76.7 cm³/mol. The molecule has 4 nitrogen and oxygen atoms in total. The zero-order valence-electron chi connectivity index (χ0n) is 12.7. The molecule has 2 amide bonds. The molecule has 1 fully saturated rings. The first kappa shape index (κ1) is 16.0.